The summed E-state index contributed by atoms with van der Waals surface area (Å²) in [5, 5.41) is 7.29. The molecule has 0 aliphatic carbocycles. The molecule has 0 spiro atoms. The quantitative estimate of drug-likeness (QED) is 0.431. The van der Waals surface area contributed by atoms with E-state index in [1.807, 2.05) is 0 Å². The third kappa shape index (κ3) is 2.69. The van der Waals surface area contributed by atoms with Crippen molar-refractivity contribution in [3.63, 3.8) is 0 Å². The van der Waals surface area contributed by atoms with Crippen molar-refractivity contribution < 1.29 is 4.74 Å². The van der Waals surface area contributed by atoms with Crippen molar-refractivity contribution in [2.24, 2.45) is 0 Å². The third-order valence-electron chi connectivity index (χ3n) is 2.86. The predicted molar refractivity (Wildman–Crippen MR) is 64.9 cm³/mol. The van der Waals surface area contributed by atoms with Crippen LogP contribution in [0.25, 0.3) is 0 Å². The van der Waals surface area contributed by atoms with Crippen molar-refractivity contribution in [1.29, 1.82) is 0 Å². The topological polar surface area (TPSA) is 33.3 Å². The van der Waals surface area contributed by atoms with Gasteiger partial charge in [0, 0.05) is 13.0 Å². The second kappa shape index (κ2) is 4.94. The van der Waals surface area contributed by atoms with Gasteiger partial charge in [-0.2, -0.15) is 0 Å². The normalized spacial score (nSPS) is 31.9. The molecule has 0 saturated carbocycles. The standard InChI is InChI=1S/C11H18N2OS/c1-2-3-6-12-11(15)13-9-7-8-4-5-10(9)14-8/h4-5,8-10H,2-3,6-7H2,1H3,(H2,12,13,15). The highest BCUT2D eigenvalue weighted by Crippen LogP contribution is 2.28. The fraction of sp³-hybridized carbons (Fsp3) is 0.727. The molecule has 0 aromatic carbocycles. The summed E-state index contributed by atoms with van der Waals surface area (Å²) in [5.41, 5.74) is 0. The van der Waals surface area contributed by atoms with E-state index >= 15 is 0 Å². The first-order valence-electron chi connectivity index (χ1n) is 5.67. The molecule has 3 atom stereocenters. The molecule has 0 aromatic rings. The van der Waals surface area contributed by atoms with Crippen LogP contribution in [0.1, 0.15) is 26.2 Å². The van der Waals surface area contributed by atoms with Crippen LogP contribution in [0.5, 0.6) is 0 Å². The first-order valence-corrected chi connectivity index (χ1v) is 6.08. The average molecular weight is 226 g/mol. The summed E-state index contributed by atoms with van der Waals surface area (Å²) in [6.45, 7) is 3.13. The Labute approximate surface area is 96.3 Å². The Morgan fingerprint density at radius 3 is 3.00 bits per heavy atom. The Kier molecular flexibility index (Phi) is 3.59. The molecule has 2 rings (SSSR count). The van der Waals surface area contributed by atoms with Crippen LogP contribution in [-0.2, 0) is 4.74 Å². The molecule has 0 amide bonds. The molecule has 0 radical (unpaired) electrons. The lowest BCUT2D eigenvalue weighted by Gasteiger charge is -2.19. The summed E-state index contributed by atoms with van der Waals surface area (Å²) in [6.07, 6.45) is 8.19. The number of thiocarbonyl (C=S) groups is 1. The molecule has 84 valence electrons. The van der Waals surface area contributed by atoms with E-state index in [4.69, 9.17) is 17.0 Å². The van der Waals surface area contributed by atoms with E-state index in [1.54, 1.807) is 0 Å². The van der Waals surface area contributed by atoms with Crippen molar-refractivity contribution >= 4 is 17.3 Å². The lowest BCUT2D eigenvalue weighted by atomic mass is 10.0. The maximum atomic E-state index is 5.65. The molecular formula is C11H18N2OS. The van der Waals surface area contributed by atoms with Crippen LogP contribution in [0.3, 0.4) is 0 Å². The second-order valence-corrected chi connectivity index (χ2v) is 4.53. The maximum absolute atomic E-state index is 5.65. The molecule has 4 heteroatoms. The number of fused-ring (bicyclic) bond motifs is 2. The summed E-state index contributed by atoms with van der Waals surface area (Å²) < 4.78 is 5.65. The Bertz CT molecular complexity index is 267. The summed E-state index contributed by atoms with van der Waals surface area (Å²) >= 11 is 5.22. The van der Waals surface area contributed by atoms with Gasteiger partial charge >= 0.3 is 0 Å². The second-order valence-electron chi connectivity index (χ2n) is 4.12. The van der Waals surface area contributed by atoms with Crippen LogP contribution in [0.2, 0.25) is 0 Å². The highest BCUT2D eigenvalue weighted by atomic mass is 32.1. The minimum absolute atomic E-state index is 0.223. The molecule has 3 nitrogen and oxygen atoms in total. The largest absolute Gasteiger partial charge is 0.365 e. The lowest BCUT2D eigenvalue weighted by Crippen LogP contribution is -2.45. The first kappa shape index (κ1) is 10.9. The fourth-order valence-corrected chi connectivity index (χ4v) is 2.27. The number of unbranched alkanes of at least 4 members (excludes halogenated alkanes) is 1. The van der Waals surface area contributed by atoms with Gasteiger partial charge in [0.15, 0.2) is 5.11 Å². The Balaban J connectivity index is 1.69. The summed E-state index contributed by atoms with van der Waals surface area (Å²) in [4.78, 5) is 0. The monoisotopic (exact) mass is 226 g/mol. The number of hydrogen-bond donors (Lipinski definition) is 2. The summed E-state index contributed by atoms with van der Waals surface area (Å²) in [7, 11) is 0. The van der Waals surface area contributed by atoms with E-state index in [2.05, 4.69) is 29.7 Å². The molecule has 1 saturated heterocycles. The van der Waals surface area contributed by atoms with Crippen LogP contribution < -0.4 is 10.6 Å². The van der Waals surface area contributed by atoms with Crippen LogP contribution in [0, 0.1) is 0 Å². The van der Waals surface area contributed by atoms with Crippen LogP contribution in [-0.4, -0.2) is 29.9 Å². The minimum Gasteiger partial charge on any atom is -0.365 e. The van der Waals surface area contributed by atoms with Gasteiger partial charge in [0.1, 0.15) is 0 Å². The maximum Gasteiger partial charge on any atom is 0.166 e. The fourth-order valence-electron chi connectivity index (χ4n) is 2.01. The number of hydrogen-bond acceptors (Lipinski definition) is 2. The van der Waals surface area contributed by atoms with Crippen LogP contribution >= 0.6 is 12.2 Å². The average Bonchev–Trinajstić information content (AvgIpc) is 2.79. The number of rotatable bonds is 4. The van der Waals surface area contributed by atoms with E-state index in [0.717, 1.165) is 24.5 Å². The highest BCUT2D eigenvalue weighted by Gasteiger charge is 2.36. The van der Waals surface area contributed by atoms with Gasteiger partial charge < -0.3 is 15.4 Å². The molecule has 2 N–H and O–H groups in total. The smallest absolute Gasteiger partial charge is 0.166 e. The van der Waals surface area contributed by atoms with Crippen molar-refractivity contribution in [3.8, 4) is 0 Å². The molecule has 1 fully saturated rings. The summed E-state index contributed by atoms with van der Waals surface area (Å²) in [5.74, 6) is 0. The highest BCUT2D eigenvalue weighted by molar-refractivity contribution is 7.80. The molecule has 15 heavy (non-hydrogen) atoms. The lowest BCUT2D eigenvalue weighted by molar-refractivity contribution is 0.115. The van der Waals surface area contributed by atoms with Crippen molar-refractivity contribution in [2.75, 3.05) is 6.54 Å². The Morgan fingerprint density at radius 2 is 2.40 bits per heavy atom. The molecular weight excluding hydrogens is 208 g/mol. The number of nitrogens with one attached hydrogen (secondary N) is 2. The SMILES string of the molecule is CCCCNC(=S)NC1CC2C=CC1O2. The summed E-state index contributed by atoms with van der Waals surface area (Å²) in [6, 6.07) is 0.363. The van der Waals surface area contributed by atoms with E-state index in [-0.39, 0.29) is 6.10 Å². The van der Waals surface area contributed by atoms with Gasteiger partial charge in [0.2, 0.25) is 0 Å². The number of ether oxygens (including phenoxy) is 1. The van der Waals surface area contributed by atoms with Crippen molar-refractivity contribution in [3.05, 3.63) is 12.2 Å². The predicted octanol–water partition coefficient (Wildman–Crippen LogP) is 1.35. The van der Waals surface area contributed by atoms with Gasteiger partial charge in [-0.25, -0.2) is 0 Å². The Hall–Kier alpha value is -0.610. The van der Waals surface area contributed by atoms with Crippen LogP contribution in [0.15, 0.2) is 12.2 Å². The van der Waals surface area contributed by atoms with E-state index in [1.165, 1.54) is 6.42 Å². The minimum atomic E-state index is 0.223. The van der Waals surface area contributed by atoms with E-state index < -0.39 is 0 Å². The van der Waals surface area contributed by atoms with Crippen molar-refractivity contribution in [1.82, 2.24) is 10.6 Å². The van der Waals surface area contributed by atoms with Crippen molar-refractivity contribution in [2.45, 2.75) is 44.4 Å². The third-order valence-corrected chi connectivity index (χ3v) is 3.12. The molecule has 2 bridgehead atoms. The van der Waals surface area contributed by atoms with Gasteiger partial charge in [-0.1, -0.05) is 25.5 Å². The zero-order chi connectivity index (χ0) is 10.7. The first-order chi connectivity index (χ1) is 7.29. The van der Waals surface area contributed by atoms with Gasteiger partial charge in [0.05, 0.1) is 18.2 Å². The van der Waals surface area contributed by atoms with E-state index in [9.17, 15) is 0 Å². The molecule has 3 unspecified atom stereocenters. The van der Waals surface area contributed by atoms with E-state index in [0.29, 0.717) is 12.1 Å². The van der Waals surface area contributed by atoms with Gasteiger partial charge in [-0.05, 0) is 18.6 Å². The molecule has 2 aliphatic heterocycles. The zero-order valence-corrected chi connectivity index (χ0v) is 9.85. The molecule has 2 heterocycles. The molecule has 0 aromatic heterocycles. The van der Waals surface area contributed by atoms with Gasteiger partial charge in [-0.15, -0.1) is 0 Å². The molecule has 2 aliphatic rings. The van der Waals surface area contributed by atoms with Crippen LogP contribution in [0.4, 0.5) is 0 Å². The Morgan fingerprint density at radius 1 is 1.53 bits per heavy atom. The van der Waals surface area contributed by atoms with Gasteiger partial charge in [0.25, 0.3) is 0 Å². The zero-order valence-electron chi connectivity index (χ0n) is 9.03. The van der Waals surface area contributed by atoms with Gasteiger partial charge in [-0.3, -0.25) is 0 Å².